The molecule has 1 aliphatic heterocycles. The van der Waals surface area contributed by atoms with Crippen LogP contribution in [0.1, 0.15) is 30.4 Å². The predicted octanol–water partition coefficient (Wildman–Crippen LogP) is 3.40. The van der Waals surface area contributed by atoms with Crippen molar-refractivity contribution in [2.45, 2.75) is 33.1 Å². The number of anilines is 3. The van der Waals surface area contributed by atoms with Crippen LogP contribution in [0.25, 0.3) is 0 Å². The smallest absolute Gasteiger partial charge is 0.314 e. The molecule has 0 aromatic heterocycles. The van der Waals surface area contributed by atoms with Crippen LogP contribution in [0, 0.1) is 13.8 Å². The average Bonchev–Trinajstić information content (AvgIpc) is 2.61. The van der Waals surface area contributed by atoms with Crippen LogP contribution in [0.4, 0.5) is 17.1 Å². The molecule has 2 N–H and O–H groups in total. The van der Waals surface area contributed by atoms with Crippen LogP contribution >= 0.6 is 0 Å². The molecule has 140 valence electrons. The number of nitrogens with zero attached hydrogens (tertiary/aromatic N) is 1. The van der Waals surface area contributed by atoms with E-state index >= 15 is 0 Å². The lowest BCUT2D eigenvalue weighted by Crippen LogP contribution is -2.35. The zero-order valence-corrected chi connectivity index (χ0v) is 15.5. The first-order valence-corrected chi connectivity index (χ1v) is 9.03. The molecule has 2 aromatic rings. The van der Waals surface area contributed by atoms with E-state index in [1.807, 2.05) is 26.0 Å². The summed E-state index contributed by atoms with van der Waals surface area (Å²) in [6, 6.07) is 12.6. The van der Waals surface area contributed by atoms with Gasteiger partial charge in [0.25, 0.3) is 0 Å². The van der Waals surface area contributed by atoms with Gasteiger partial charge in [-0.05, 0) is 68.1 Å². The zero-order valence-electron chi connectivity index (χ0n) is 15.5. The van der Waals surface area contributed by atoms with Crippen molar-refractivity contribution in [1.82, 2.24) is 0 Å². The molecule has 0 radical (unpaired) electrons. The number of piperidine rings is 1. The summed E-state index contributed by atoms with van der Waals surface area (Å²) in [6.07, 6.45) is 2.40. The molecule has 0 bridgehead atoms. The summed E-state index contributed by atoms with van der Waals surface area (Å²) < 4.78 is 0. The first-order chi connectivity index (χ1) is 12.9. The van der Waals surface area contributed by atoms with Gasteiger partial charge < -0.3 is 15.5 Å². The summed E-state index contributed by atoms with van der Waals surface area (Å²) in [6.45, 7) is 4.52. The fraction of sp³-hybridized carbons (Fsp3) is 0.286. The van der Waals surface area contributed by atoms with E-state index < -0.39 is 11.8 Å². The van der Waals surface area contributed by atoms with Gasteiger partial charge in [0.1, 0.15) is 0 Å². The van der Waals surface area contributed by atoms with Crippen LogP contribution in [0.5, 0.6) is 0 Å². The van der Waals surface area contributed by atoms with E-state index in [2.05, 4.69) is 10.6 Å². The van der Waals surface area contributed by atoms with Gasteiger partial charge in [0, 0.05) is 30.0 Å². The van der Waals surface area contributed by atoms with Crippen molar-refractivity contribution in [2.75, 3.05) is 22.1 Å². The molecule has 0 saturated carbocycles. The maximum absolute atomic E-state index is 12.2. The topological polar surface area (TPSA) is 78.5 Å². The molecule has 6 heteroatoms. The molecule has 6 nitrogen and oxygen atoms in total. The number of rotatable bonds is 3. The molecule has 0 spiro atoms. The highest BCUT2D eigenvalue weighted by molar-refractivity contribution is 6.43. The van der Waals surface area contributed by atoms with Crippen molar-refractivity contribution < 1.29 is 14.4 Å². The summed E-state index contributed by atoms with van der Waals surface area (Å²) in [5.74, 6) is -1.41. The van der Waals surface area contributed by atoms with E-state index in [1.54, 1.807) is 35.2 Å². The van der Waals surface area contributed by atoms with Crippen LogP contribution in [0.3, 0.4) is 0 Å². The fourth-order valence-electron chi connectivity index (χ4n) is 3.25. The number of hydrogen-bond donors (Lipinski definition) is 2. The molecule has 0 atom stereocenters. The van der Waals surface area contributed by atoms with Gasteiger partial charge in [-0.1, -0.05) is 12.1 Å². The maximum atomic E-state index is 12.2. The quantitative estimate of drug-likeness (QED) is 0.819. The Balaban J connectivity index is 1.67. The summed E-state index contributed by atoms with van der Waals surface area (Å²) in [5.41, 5.74) is 3.80. The molecule has 3 rings (SSSR count). The molecular formula is C21H23N3O3. The van der Waals surface area contributed by atoms with Crippen LogP contribution in [-0.4, -0.2) is 24.3 Å². The second-order valence-electron chi connectivity index (χ2n) is 6.84. The third kappa shape index (κ3) is 4.73. The number of carbonyl (C=O) groups excluding carboxylic acids is 3. The van der Waals surface area contributed by atoms with Crippen molar-refractivity contribution in [3.05, 3.63) is 53.6 Å². The third-order valence-corrected chi connectivity index (χ3v) is 4.42. The molecule has 1 fully saturated rings. The van der Waals surface area contributed by atoms with Crippen LogP contribution in [0.15, 0.2) is 42.5 Å². The molecular weight excluding hydrogens is 342 g/mol. The Hall–Kier alpha value is -3.15. The molecule has 1 aliphatic rings. The number of amides is 3. The van der Waals surface area contributed by atoms with E-state index in [4.69, 9.17) is 0 Å². The number of nitrogens with one attached hydrogen (secondary N) is 2. The van der Waals surface area contributed by atoms with E-state index in [0.717, 1.165) is 29.7 Å². The standard InChI is InChI=1S/C21H23N3O3/c1-14-10-15(2)12-17(11-14)23-21(27)20(26)22-16-6-5-7-18(13-16)24-9-4-3-8-19(24)25/h5-7,10-13H,3-4,8-9H2,1-2H3,(H,22,26)(H,23,27). The Morgan fingerprint density at radius 2 is 1.56 bits per heavy atom. The molecule has 3 amide bonds. The lowest BCUT2D eigenvalue weighted by Gasteiger charge is -2.27. The van der Waals surface area contributed by atoms with E-state index in [0.29, 0.717) is 24.3 Å². The van der Waals surface area contributed by atoms with Crippen LogP contribution in [-0.2, 0) is 14.4 Å². The Kier molecular flexibility index (Phi) is 5.54. The first kappa shape index (κ1) is 18.6. The van der Waals surface area contributed by atoms with Crippen molar-refractivity contribution in [1.29, 1.82) is 0 Å². The molecule has 1 saturated heterocycles. The Morgan fingerprint density at radius 1 is 0.889 bits per heavy atom. The van der Waals surface area contributed by atoms with Crippen LogP contribution in [0.2, 0.25) is 0 Å². The van der Waals surface area contributed by atoms with Gasteiger partial charge in [-0.2, -0.15) is 0 Å². The van der Waals surface area contributed by atoms with Gasteiger partial charge in [0.05, 0.1) is 0 Å². The number of benzene rings is 2. The molecule has 0 aliphatic carbocycles. The van der Waals surface area contributed by atoms with Crippen molar-refractivity contribution >= 4 is 34.8 Å². The van der Waals surface area contributed by atoms with Gasteiger partial charge in [0.15, 0.2) is 0 Å². The number of carbonyl (C=O) groups is 3. The van der Waals surface area contributed by atoms with E-state index in [9.17, 15) is 14.4 Å². The zero-order chi connectivity index (χ0) is 19.4. The first-order valence-electron chi connectivity index (χ1n) is 9.03. The third-order valence-electron chi connectivity index (χ3n) is 4.42. The second-order valence-corrected chi connectivity index (χ2v) is 6.84. The normalized spacial score (nSPS) is 14.0. The lowest BCUT2D eigenvalue weighted by molar-refractivity contribution is -0.132. The minimum atomic E-state index is -0.753. The average molecular weight is 365 g/mol. The van der Waals surface area contributed by atoms with Gasteiger partial charge >= 0.3 is 11.8 Å². The van der Waals surface area contributed by atoms with Crippen LogP contribution < -0.4 is 15.5 Å². The largest absolute Gasteiger partial charge is 0.318 e. The molecule has 1 heterocycles. The van der Waals surface area contributed by atoms with Gasteiger partial charge in [-0.25, -0.2) is 0 Å². The summed E-state index contributed by atoms with van der Waals surface area (Å²) in [4.78, 5) is 38.2. The fourth-order valence-corrected chi connectivity index (χ4v) is 3.25. The van der Waals surface area contributed by atoms with E-state index in [1.165, 1.54) is 0 Å². The highest BCUT2D eigenvalue weighted by Crippen LogP contribution is 2.24. The van der Waals surface area contributed by atoms with Gasteiger partial charge in [-0.15, -0.1) is 0 Å². The summed E-state index contributed by atoms with van der Waals surface area (Å²) in [5, 5.41) is 5.21. The summed E-state index contributed by atoms with van der Waals surface area (Å²) in [7, 11) is 0. The second kappa shape index (κ2) is 8.03. The van der Waals surface area contributed by atoms with Crippen molar-refractivity contribution in [3.63, 3.8) is 0 Å². The monoisotopic (exact) mass is 365 g/mol. The Morgan fingerprint density at radius 3 is 2.22 bits per heavy atom. The molecule has 2 aromatic carbocycles. The summed E-state index contributed by atoms with van der Waals surface area (Å²) >= 11 is 0. The minimum Gasteiger partial charge on any atom is -0.318 e. The van der Waals surface area contributed by atoms with Gasteiger partial charge in [-0.3, -0.25) is 14.4 Å². The SMILES string of the molecule is Cc1cc(C)cc(NC(=O)C(=O)Nc2cccc(N3CCCCC3=O)c2)c1. The van der Waals surface area contributed by atoms with Crippen molar-refractivity contribution in [2.24, 2.45) is 0 Å². The van der Waals surface area contributed by atoms with Gasteiger partial charge in [0.2, 0.25) is 5.91 Å². The number of aryl methyl sites for hydroxylation is 2. The Labute approximate surface area is 158 Å². The highest BCUT2D eigenvalue weighted by atomic mass is 16.2. The predicted molar refractivity (Wildman–Crippen MR) is 106 cm³/mol. The van der Waals surface area contributed by atoms with E-state index in [-0.39, 0.29) is 5.91 Å². The number of hydrogen-bond acceptors (Lipinski definition) is 3. The van der Waals surface area contributed by atoms with Crippen molar-refractivity contribution in [3.8, 4) is 0 Å². The highest BCUT2D eigenvalue weighted by Gasteiger charge is 2.20. The molecule has 0 unspecified atom stereocenters. The lowest BCUT2D eigenvalue weighted by atomic mass is 10.1. The minimum absolute atomic E-state index is 0.0808. The Bertz CT molecular complexity index is 872. The molecule has 27 heavy (non-hydrogen) atoms. The maximum Gasteiger partial charge on any atom is 0.314 e.